The number of amides is 11. The van der Waals surface area contributed by atoms with Gasteiger partial charge in [-0.25, -0.2) is 0 Å². The molecule has 5 N–H and O–H groups in total. The van der Waals surface area contributed by atoms with E-state index in [1.807, 2.05) is 67.5 Å². The van der Waals surface area contributed by atoms with Gasteiger partial charge in [-0.3, -0.25) is 57.6 Å². The van der Waals surface area contributed by atoms with Crippen LogP contribution in [0, 0.1) is 41.4 Å². The maximum atomic E-state index is 15.6. The molecule has 26 heteroatoms. The molecule has 2 aliphatic rings. The van der Waals surface area contributed by atoms with Gasteiger partial charge in [0.15, 0.2) is 0 Å². The third-order valence-electron chi connectivity index (χ3n) is 19.1. The Balaban J connectivity index is 3.08. The van der Waals surface area contributed by atoms with E-state index in [1.165, 1.54) is 123 Å². The molecule has 0 spiro atoms. The van der Waals surface area contributed by atoms with Crippen LogP contribution in [-0.4, -0.2) is 286 Å². The van der Waals surface area contributed by atoms with E-state index in [1.54, 1.807) is 34.6 Å². The van der Waals surface area contributed by atoms with Crippen molar-refractivity contribution < 1.29 is 57.8 Å². The number of allylic oxidation sites excluding steroid dienone is 2. The highest BCUT2D eigenvalue weighted by Crippen LogP contribution is 2.27. The van der Waals surface area contributed by atoms with E-state index < -0.39 is 149 Å². The summed E-state index contributed by atoms with van der Waals surface area (Å²) in [5.41, 5.74) is -1.57. The van der Waals surface area contributed by atoms with E-state index in [0.717, 1.165) is 32.7 Å². The summed E-state index contributed by atoms with van der Waals surface area (Å²) in [6, 6.07) is -13.5. The second-order valence-corrected chi connectivity index (χ2v) is 32.4. The molecule has 0 aromatic rings. The molecular weight excluding hydrogens is 1280 g/mol. The number of aliphatic hydroxyl groups is 1. The zero-order valence-electron chi connectivity index (χ0n) is 65.5. The van der Waals surface area contributed by atoms with Gasteiger partial charge in [0.1, 0.15) is 66.5 Å². The second kappa shape index (κ2) is 41.3. The standard InChI is InChI=1S/C73H133N13O12S/c1-27-29-30-50(15)40-55-64(89)76-53(28-2)67(92)83(25)59(43-99-36-35-85-31-33-86(34-32-85)42-47(9)10)70(95)82(24)58(41-73(18,19)98)65(90)77-60(48(11)12)71(96)78(20)54(37-44(3)4)63(88)74-51(16)62(87)75-52(17)66(91)80(22)56(38-45(5)6)68(93)81(23)57(39-46(7)8)69(94)84(26)61(49(13)14)72(97)79(55)21/h27,29,44-61,98H,28,30-43H2,1-26H3,(H,74,88)(H,75,87)(H,76,89)(H,77,90)/b29-27+/t50-,51-,52+,53+,54-,55+,56+,57+,58+,59-,60-,61+/m1/s1. The van der Waals surface area contributed by atoms with E-state index in [0.29, 0.717) is 24.6 Å². The van der Waals surface area contributed by atoms with Crippen LogP contribution in [-0.2, 0) is 52.7 Å². The van der Waals surface area contributed by atoms with Crippen LogP contribution in [0.2, 0.25) is 0 Å². The first-order valence-electron chi connectivity index (χ1n) is 36.3. The highest BCUT2D eigenvalue weighted by atomic mass is 32.2. The van der Waals surface area contributed by atoms with E-state index in [2.05, 4.69) is 44.9 Å². The third kappa shape index (κ3) is 27.1. The molecule has 568 valence electrons. The minimum atomic E-state index is -1.57. The Hall–Kier alpha value is -5.86. The zero-order valence-corrected chi connectivity index (χ0v) is 66.3. The van der Waals surface area contributed by atoms with Crippen molar-refractivity contribution in [1.29, 1.82) is 0 Å². The smallest absolute Gasteiger partial charge is 0.246 e. The zero-order chi connectivity index (χ0) is 76.0. The Morgan fingerprint density at radius 1 is 0.475 bits per heavy atom. The number of rotatable bonds is 22. The summed E-state index contributed by atoms with van der Waals surface area (Å²) in [4.78, 5) is 179. The SMILES string of the molecule is C/C=C/C[C@@H](C)C[C@H]1C(=O)N[C@@H](CC)C(=O)N(C)[C@H](CSCCN2CCN(CC(C)C)CC2)C(=O)N(C)[C@@H](CC(C)(C)O)C(=O)N[C@H](C(C)C)C(=O)N(C)[C@H](CC(C)C)C(=O)N[C@H](C)C(=O)N[C@@H](C)C(=O)N(C)[C@@H](CC(C)C)C(=O)N(C)[C@@H](CC(C)C)C(=O)N(C)[C@@H](C(C)C)C(=O)N1C. The van der Waals surface area contributed by atoms with Gasteiger partial charge in [0.2, 0.25) is 65.0 Å². The van der Waals surface area contributed by atoms with Crippen LogP contribution in [0.25, 0.3) is 0 Å². The molecule has 2 fully saturated rings. The van der Waals surface area contributed by atoms with Crippen molar-refractivity contribution >= 4 is 76.7 Å². The van der Waals surface area contributed by atoms with E-state index in [-0.39, 0.29) is 67.9 Å². The first-order chi connectivity index (χ1) is 45.8. The number of hydrogen-bond acceptors (Lipinski definition) is 15. The van der Waals surface area contributed by atoms with Crippen molar-refractivity contribution in [3.63, 3.8) is 0 Å². The van der Waals surface area contributed by atoms with Crippen molar-refractivity contribution in [3.05, 3.63) is 12.2 Å². The molecule has 2 heterocycles. The fourth-order valence-corrected chi connectivity index (χ4v) is 14.2. The topological polar surface area (TPSA) is 285 Å². The number of likely N-dealkylation sites (N-methyl/N-ethyl adjacent to an activating group) is 7. The average Bonchev–Trinajstić information content (AvgIpc) is 0.814. The van der Waals surface area contributed by atoms with Crippen molar-refractivity contribution in [2.75, 3.05) is 100 Å². The van der Waals surface area contributed by atoms with Crippen molar-refractivity contribution in [3.8, 4) is 0 Å². The van der Waals surface area contributed by atoms with Gasteiger partial charge in [0.25, 0.3) is 0 Å². The van der Waals surface area contributed by atoms with Gasteiger partial charge in [-0.05, 0) is 115 Å². The Labute approximate surface area is 599 Å². The molecule has 0 aliphatic carbocycles. The molecule has 25 nitrogen and oxygen atoms in total. The lowest BCUT2D eigenvalue weighted by molar-refractivity contribution is -0.156. The lowest BCUT2D eigenvalue weighted by Crippen LogP contribution is -2.62. The van der Waals surface area contributed by atoms with Gasteiger partial charge in [-0.15, -0.1) is 0 Å². The fraction of sp³-hybridized carbons (Fsp3) is 0.822. The van der Waals surface area contributed by atoms with Crippen LogP contribution in [0.5, 0.6) is 0 Å². The molecule has 2 rings (SSSR count). The number of carbonyl (C=O) groups is 11. The summed E-state index contributed by atoms with van der Waals surface area (Å²) in [5.74, 6) is -7.66. The van der Waals surface area contributed by atoms with E-state index >= 15 is 33.6 Å². The highest BCUT2D eigenvalue weighted by molar-refractivity contribution is 7.99. The molecular formula is C73H133N13O12S. The summed E-state index contributed by atoms with van der Waals surface area (Å²) >= 11 is 1.46. The van der Waals surface area contributed by atoms with Crippen molar-refractivity contribution in [2.45, 2.75) is 249 Å². The number of nitrogens with one attached hydrogen (secondary N) is 4. The number of nitrogens with zero attached hydrogens (tertiary/aromatic N) is 9. The first-order valence-corrected chi connectivity index (χ1v) is 37.4. The predicted octanol–water partition coefficient (Wildman–Crippen LogP) is 4.79. The number of thioether (sulfide) groups is 1. The summed E-state index contributed by atoms with van der Waals surface area (Å²) in [5, 5.41) is 22.8. The first kappa shape index (κ1) is 89.2. The van der Waals surface area contributed by atoms with Gasteiger partial charge in [0, 0.05) is 107 Å². The Bertz CT molecular complexity index is 2700. The average molecular weight is 1420 g/mol. The molecule has 0 unspecified atom stereocenters. The van der Waals surface area contributed by atoms with Crippen LogP contribution >= 0.6 is 11.8 Å². The fourth-order valence-electron chi connectivity index (χ4n) is 13.0. The van der Waals surface area contributed by atoms with E-state index in [9.17, 15) is 24.3 Å². The molecule has 2 aliphatic heterocycles. The molecule has 2 saturated heterocycles. The van der Waals surface area contributed by atoms with E-state index in [4.69, 9.17) is 0 Å². The van der Waals surface area contributed by atoms with Gasteiger partial charge in [-0.2, -0.15) is 11.8 Å². The largest absolute Gasteiger partial charge is 0.390 e. The quantitative estimate of drug-likeness (QED) is 0.0720. The van der Waals surface area contributed by atoms with Gasteiger partial charge in [0.05, 0.1) is 5.60 Å². The summed E-state index contributed by atoms with van der Waals surface area (Å²) < 4.78 is 0. The molecule has 12 atom stereocenters. The maximum absolute atomic E-state index is 15.6. The molecule has 11 amide bonds. The summed E-state index contributed by atoms with van der Waals surface area (Å²) in [6.45, 7) is 39.4. The number of carbonyl (C=O) groups excluding carboxylic acids is 11. The number of hydrogen-bond donors (Lipinski definition) is 5. The maximum Gasteiger partial charge on any atom is 0.246 e. The predicted molar refractivity (Wildman–Crippen MR) is 392 cm³/mol. The van der Waals surface area contributed by atoms with Crippen LogP contribution in [0.1, 0.15) is 176 Å². The summed E-state index contributed by atoms with van der Waals surface area (Å²) in [7, 11) is 10.3. The Morgan fingerprint density at radius 2 is 0.899 bits per heavy atom. The Morgan fingerprint density at radius 3 is 1.38 bits per heavy atom. The van der Waals surface area contributed by atoms with Crippen LogP contribution in [0.4, 0.5) is 0 Å². The van der Waals surface area contributed by atoms with Gasteiger partial charge < -0.3 is 65.6 Å². The molecule has 0 aromatic carbocycles. The van der Waals surface area contributed by atoms with Crippen molar-refractivity contribution in [1.82, 2.24) is 65.4 Å². The minimum absolute atomic E-state index is 0.0625. The Kier molecular flexibility index (Phi) is 37.2. The van der Waals surface area contributed by atoms with Crippen molar-refractivity contribution in [2.24, 2.45) is 41.4 Å². The van der Waals surface area contributed by atoms with Crippen LogP contribution < -0.4 is 21.3 Å². The number of piperazine rings is 1. The molecule has 0 radical (unpaired) electrons. The molecule has 0 aromatic heterocycles. The second-order valence-electron chi connectivity index (χ2n) is 31.2. The normalized spacial score (nSPS) is 26.7. The van der Waals surface area contributed by atoms with Crippen LogP contribution in [0.3, 0.4) is 0 Å². The highest BCUT2D eigenvalue weighted by Gasteiger charge is 2.46. The summed E-state index contributed by atoms with van der Waals surface area (Å²) in [6.07, 6.45) is 4.78. The monoisotopic (exact) mass is 1420 g/mol. The molecule has 99 heavy (non-hydrogen) atoms. The molecule has 0 saturated carbocycles. The lowest BCUT2D eigenvalue weighted by Gasteiger charge is -2.41. The van der Waals surface area contributed by atoms with Crippen LogP contribution in [0.15, 0.2) is 12.2 Å². The van der Waals surface area contributed by atoms with Gasteiger partial charge >= 0.3 is 0 Å². The lowest BCUT2D eigenvalue weighted by atomic mass is 9.93. The third-order valence-corrected chi connectivity index (χ3v) is 20.2. The minimum Gasteiger partial charge on any atom is -0.390 e. The molecule has 0 bridgehead atoms. The van der Waals surface area contributed by atoms with Gasteiger partial charge in [-0.1, -0.05) is 109 Å².